The van der Waals surface area contributed by atoms with Gasteiger partial charge in [-0.05, 0) is 66.9 Å². The third-order valence-electron chi connectivity index (χ3n) is 6.23. The number of anilines is 1. The van der Waals surface area contributed by atoms with Crippen LogP contribution in [0.2, 0.25) is 0 Å². The summed E-state index contributed by atoms with van der Waals surface area (Å²) in [6.07, 6.45) is 0. The van der Waals surface area contributed by atoms with Gasteiger partial charge in [-0.15, -0.1) is 0 Å². The Bertz CT molecular complexity index is 1470. The fourth-order valence-electron chi connectivity index (χ4n) is 4.38. The summed E-state index contributed by atoms with van der Waals surface area (Å²) in [7, 11) is 3.15. The first kappa shape index (κ1) is 20.8. The highest BCUT2D eigenvalue weighted by Gasteiger charge is 2.44. The van der Waals surface area contributed by atoms with E-state index in [9.17, 15) is 9.59 Å². The van der Waals surface area contributed by atoms with Gasteiger partial charge in [0.15, 0.2) is 5.43 Å². The largest absolute Gasteiger partial charge is 0.497 e. The summed E-state index contributed by atoms with van der Waals surface area (Å²) in [6.45, 7) is 3.90. The molecule has 0 radical (unpaired) electrons. The Kier molecular flexibility index (Phi) is 4.93. The second-order valence-electron chi connectivity index (χ2n) is 8.16. The van der Waals surface area contributed by atoms with Crippen molar-refractivity contribution in [3.63, 3.8) is 0 Å². The molecule has 5 rings (SSSR count). The maximum Gasteiger partial charge on any atom is 0.295 e. The van der Waals surface area contributed by atoms with E-state index in [4.69, 9.17) is 13.9 Å². The minimum Gasteiger partial charge on any atom is -0.497 e. The smallest absolute Gasteiger partial charge is 0.295 e. The Morgan fingerprint density at radius 2 is 1.52 bits per heavy atom. The number of methoxy groups -OCH3 is 2. The van der Waals surface area contributed by atoms with Gasteiger partial charge in [0.25, 0.3) is 5.91 Å². The highest BCUT2D eigenvalue weighted by Crippen LogP contribution is 2.42. The fraction of sp³-hybridized carbons (Fsp3) is 0.185. The molecular formula is C27H23NO5. The number of hydrogen-bond donors (Lipinski definition) is 0. The summed E-state index contributed by atoms with van der Waals surface area (Å²) >= 11 is 0. The van der Waals surface area contributed by atoms with Gasteiger partial charge in [0.05, 0.1) is 31.2 Å². The van der Waals surface area contributed by atoms with E-state index in [1.54, 1.807) is 31.3 Å². The number of hydrogen-bond acceptors (Lipinski definition) is 5. The van der Waals surface area contributed by atoms with Crippen LogP contribution in [0.4, 0.5) is 5.69 Å². The average molecular weight is 441 g/mol. The average Bonchev–Trinajstić information content (AvgIpc) is 3.13. The molecule has 0 N–H and O–H groups in total. The molecule has 1 aliphatic rings. The van der Waals surface area contributed by atoms with E-state index in [1.807, 2.05) is 62.4 Å². The summed E-state index contributed by atoms with van der Waals surface area (Å²) in [5.74, 6) is 0.932. The van der Waals surface area contributed by atoms with Gasteiger partial charge in [-0.2, -0.15) is 0 Å². The molecule has 166 valence electrons. The topological polar surface area (TPSA) is 69.0 Å². The molecule has 6 heteroatoms. The van der Waals surface area contributed by atoms with Gasteiger partial charge in [0.1, 0.15) is 17.1 Å². The molecule has 0 saturated carbocycles. The van der Waals surface area contributed by atoms with Gasteiger partial charge >= 0.3 is 0 Å². The van der Waals surface area contributed by atoms with E-state index < -0.39 is 6.04 Å². The zero-order valence-corrected chi connectivity index (χ0v) is 18.8. The van der Waals surface area contributed by atoms with Crippen LogP contribution in [0.15, 0.2) is 69.9 Å². The molecule has 0 aliphatic carbocycles. The minimum absolute atomic E-state index is 0.0615. The Balaban J connectivity index is 1.82. The van der Waals surface area contributed by atoms with Gasteiger partial charge in [-0.1, -0.05) is 18.2 Å². The van der Waals surface area contributed by atoms with Crippen LogP contribution in [0.3, 0.4) is 0 Å². The van der Waals surface area contributed by atoms with Gasteiger partial charge in [0, 0.05) is 11.8 Å². The van der Waals surface area contributed by atoms with Crippen molar-refractivity contribution in [3.8, 4) is 11.5 Å². The van der Waals surface area contributed by atoms with Gasteiger partial charge in [0.2, 0.25) is 5.76 Å². The van der Waals surface area contributed by atoms with Gasteiger partial charge < -0.3 is 13.9 Å². The maximum atomic E-state index is 13.8. The van der Waals surface area contributed by atoms with Gasteiger partial charge in [-0.25, -0.2) is 0 Å². The Hall–Kier alpha value is -4.06. The lowest BCUT2D eigenvalue weighted by atomic mass is 9.97. The predicted octanol–water partition coefficient (Wildman–Crippen LogP) is 5.18. The SMILES string of the molecule is COc1cccc(C2c3c(oc4cc(C)c(C)cc4c3=O)C(=O)N2c2cccc(OC)c2)c1. The Morgan fingerprint density at radius 1 is 0.848 bits per heavy atom. The number of ether oxygens (including phenoxy) is 2. The molecule has 1 amide bonds. The first-order chi connectivity index (χ1) is 15.9. The monoisotopic (exact) mass is 441 g/mol. The lowest BCUT2D eigenvalue weighted by Crippen LogP contribution is -2.29. The quantitative estimate of drug-likeness (QED) is 0.437. The lowest BCUT2D eigenvalue weighted by Gasteiger charge is -2.25. The Labute approximate surface area is 191 Å². The normalized spacial score (nSPS) is 15.1. The third kappa shape index (κ3) is 3.26. The van der Waals surface area contributed by atoms with Crippen LogP contribution in [-0.4, -0.2) is 20.1 Å². The number of carbonyl (C=O) groups excluding carboxylic acids is 1. The van der Waals surface area contributed by atoms with Crippen LogP contribution in [0, 0.1) is 13.8 Å². The summed E-state index contributed by atoms with van der Waals surface area (Å²) < 4.78 is 16.9. The predicted molar refractivity (Wildman–Crippen MR) is 127 cm³/mol. The van der Waals surface area contributed by atoms with Crippen molar-refractivity contribution in [1.29, 1.82) is 0 Å². The number of benzene rings is 3. The molecular weight excluding hydrogens is 418 g/mol. The van der Waals surface area contributed by atoms with Crippen molar-refractivity contribution in [2.75, 3.05) is 19.1 Å². The Morgan fingerprint density at radius 3 is 2.24 bits per heavy atom. The van der Waals surface area contributed by atoms with Crippen LogP contribution in [0.5, 0.6) is 11.5 Å². The van der Waals surface area contributed by atoms with Crippen LogP contribution < -0.4 is 19.8 Å². The zero-order chi connectivity index (χ0) is 23.3. The first-order valence-corrected chi connectivity index (χ1v) is 10.6. The third-order valence-corrected chi connectivity index (χ3v) is 6.23. The van der Waals surface area contributed by atoms with E-state index >= 15 is 0 Å². The number of nitrogens with zero attached hydrogens (tertiary/aromatic N) is 1. The molecule has 3 aromatic carbocycles. The van der Waals surface area contributed by atoms with E-state index in [0.29, 0.717) is 33.7 Å². The molecule has 0 spiro atoms. The number of carbonyl (C=O) groups is 1. The molecule has 2 heterocycles. The fourth-order valence-corrected chi connectivity index (χ4v) is 4.38. The summed E-state index contributed by atoms with van der Waals surface area (Å²) in [6, 6.07) is 17.6. The van der Waals surface area contributed by atoms with Crippen molar-refractivity contribution in [2.24, 2.45) is 0 Å². The van der Waals surface area contributed by atoms with Gasteiger partial charge in [-0.3, -0.25) is 14.5 Å². The molecule has 4 aromatic rings. The van der Waals surface area contributed by atoms with Crippen molar-refractivity contribution in [2.45, 2.75) is 19.9 Å². The summed E-state index contributed by atoms with van der Waals surface area (Å²) in [5, 5.41) is 0.463. The second-order valence-corrected chi connectivity index (χ2v) is 8.16. The molecule has 0 saturated heterocycles. The molecule has 0 bridgehead atoms. The zero-order valence-electron chi connectivity index (χ0n) is 18.8. The number of aryl methyl sites for hydroxylation is 2. The standard InChI is InChI=1S/C27H23NO5/c1-15-11-21-22(12-16(15)2)33-26-23(25(21)29)24(17-7-5-9-19(13-17)31-3)28(27(26)30)18-8-6-10-20(14-18)32-4/h5-14,24H,1-4H3. The minimum atomic E-state index is -0.669. The number of fused-ring (bicyclic) bond motifs is 2. The van der Waals surface area contributed by atoms with Crippen LogP contribution in [-0.2, 0) is 0 Å². The number of rotatable bonds is 4. The summed E-state index contributed by atoms with van der Waals surface area (Å²) in [5.41, 5.74) is 3.86. The summed E-state index contributed by atoms with van der Waals surface area (Å²) in [4.78, 5) is 29.1. The highest BCUT2D eigenvalue weighted by molar-refractivity contribution is 6.10. The van der Waals surface area contributed by atoms with Crippen LogP contribution >= 0.6 is 0 Å². The second kappa shape index (κ2) is 7.81. The van der Waals surface area contributed by atoms with Crippen molar-refractivity contribution in [3.05, 3.63) is 98.9 Å². The van der Waals surface area contributed by atoms with Crippen molar-refractivity contribution < 1.29 is 18.7 Å². The van der Waals surface area contributed by atoms with Crippen molar-refractivity contribution >= 4 is 22.6 Å². The maximum absolute atomic E-state index is 13.8. The van der Waals surface area contributed by atoms with E-state index in [2.05, 4.69) is 0 Å². The molecule has 1 aliphatic heterocycles. The number of amides is 1. The van der Waals surface area contributed by atoms with Crippen LogP contribution in [0.25, 0.3) is 11.0 Å². The van der Waals surface area contributed by atoms with E-state index in [0.717, 1.165) is 16.7 Å². The molecule has 33 heavy (non-hydrogen) atoms. The van der Waals surface area contributed by atoms with E-state index in [1.165, 1.54) is 0 Å². The molecule has 1 aromatic heterocycles. The lowest BCUT2D eigenvalue weighted by molar-refractivity contribution is 0.0971. The molecule has 1 unspecified atom stereocenters. The van der Waals surface area contributed by atoms with E-state index in [-0.39, 0.29) is 17.1 Å². The molecule has 6 nitrogen and oxygen atoms in total. The molecule has 0 fully saturated rings. The highest BCUT2D eigenvalue weighted by atomic mass is 16.5. The van der Waals surface area contributed by atoms with Crippen LogP contribution in [0.1, 0.15) is 38.9 Å². The first-order valence-electron chi connectivity index (χ1n) is 10.6. The molecule has 1 atom stereocenters. The van der Waals surface area contributed by atoms with Crippen molar-refractivity contribution in [1.82, 2.24) is 0 Å².